The van der Waals surface area contributed by atoms with Crippen LogP contribution in [0.25, 0.3) is 0 Å². The van der Waals surface area contributed by atoms with Crippen LogP contribution in [-0.4, -0.2) is 69.8 Å². The van der Waals surface area contributed by atoms with Crippen LogP contribution < -0.4 is 24.8 Å². The van der Waals surface area contributed by atoms with Crippen LogP contribution in [-0.2, 0) is 10.0 Å². The molecule has 2 heterocycles. The summed E-state index contributed by atoms with van der Waals surface area (Å²) in [5.74, 6) is 1.52. The van der Waals surface area contributed by atoms with E-state index in [4.69, 9.17) is 9.47 Å². The zero-order valence-corrected chi connectivity index (χ0v) is 18.7. The van der Waals surface area contributed by atoms with Gasteiger partial charge in [-0.25, -0.2) is 13.1 Å². The quantitative estimate of drug-likeness (QED) is 0.417. The first kappa shape index (κ1) is 23.0. The molecular weight excluding hydrogens is 420 g/mol. The van der Waals surface area contributed by atoms with Gasteiger partial charge in [0.1, 0.15) is 5.88 Å². The van der Waals surface area contributed by atoms with Crippen LogP contribution in [0.15, 0.2) is 30.5 Å². The van der Waals surface area contributed by atoms with Crippen LogP contribution in [0, 0.1) is 0 Å². The molecule has 0 aliphatic carbocycles. The molecule has 1 saturated heterocycles. The van der Waals surface area contributed by atoms with Crippen molar-refractivity contribution in [2.24, 2.45) is 0 Å². The average molecular weight is 451 g/mol. The molecule has 10 nitrogen and oxygen atoms in total. The Morgan fingerprint density at radius 2 is 1.94 bits per heavy atom. The Balaban J connectivity index is 1.59. The molecule has 2 aromatic rings. The maximum Gasteiger partial charge on any atom is 0.229 e. The Hall–Kier alpha value is -2.63. The van der Waals surface area contributed by atoms with Crippen molar-refractivity contribution in [2.45, 2.75) is 19.3 Å². The molecule has 170 valence electrons. The molecule has 0 saturated carbocycles. The number of methoxy groups -OCH3 is 1. The van der Waals surface area contributed by atoms with Gasteiger partial charge in [-0.2, -0.15) is 5.10 Å². The molecule has 0 atom stereocenters. The largest absolute Gasteiger partial charge is 0.493 e. The highest BCUT2D eigenvalue weighted by atomic mass is 32.2. The van der Waals surface area contributed by atoms with Gasteiger partial charge in [0.15, 0.2) is 17.3 Å². The van der Waals surface area contributed by atoms with Gasteiger partial charge in [0.2, 0.25) is 10.0 Å². The topological polar surface area (TPSA) is 118 Å². The molecule has 0 bridgehead atoms. The van der Waals surface area contributed by atoms with Gasteiger partial charge in [0.05, 0.1) is 25.6 Å². The van der Waals surface area contributed by atoms with Crippen LogP contribution in [0.1, 0.15) is 19.3 Å². The molecule has 1 aliphatic rings. The Kier molecular flexibility index (Phi) is 8.27. The van der Waals surface area contributed by atoms with E-state index in [9.17, 15) is 8.42 Å². The van der Waals surface area contributed by atoms with E-state index in [1.54, 1.807) is 13.2 Å². The normalized spacial score (nSPS) is 14.4. The Morgan fingerprint density at radius 1 is 1.13 bits per heavy atom. The molecule has 0 amide bonds. The monoisotopic (exact) mass is 450 g/mol. The number of nitrogens with zero attached hydrogens (tertiary/aromatic N) is 3. The lowest BCUT2D eigenvalue weighted by Gasteiger charge is -2.16. The molecule has 0 radical (unpaired) electrons. The summed E-state index contributed by atoms with van der Waals surface area (Å²) in [7, 11) is -0.407. The minimum Gasteiger partial charge on any atom is -0.493 e. The summed E-state index contributed by atoms with van der Waals surface area (Å²) in [4.78, 5) is 2.46. The maximum atomic E-state index is 11.6. The van der Waals surface area contributed by atoms with Gasteiger partial charge in [-0.15, -0.1) is 5.10 Å². The standard InChI is InChI=1S/C20H30N6O4S/c1-21-31(27,28)15-22-17-13-20(25-23-14-17)24-16-6-7-18(29-2)19(12-16)30-11-5-10-26-8-3-4-9-26/h6-7,12-14,21H,3-5,8-11,15H2,1-2H3,(H2,22,24,25). The smallest absolute Gasteiger partial charge is 0.229 e. The van der Waals surface area contributed by atoms with Gasteiger partial charge in [0, 0.05) is 24.4 Å². The molecule has 1 fully saturated rings. The van der Waals surface area contributed by atoms with E-state index in [1.165, 1.54) is 39.2 Å². The van der Waals surface area contributed by atoms with E-state index < -0.39 is 10.0 Å². The van der Waals surface area contributed by atoms with Gasteiger partial charge in [-0.3, -0.25) is 0 Å². The number of sulfonamides is 1. The van der Waals surface area contributed by atoms with Crippen molar-refractivity contribution >= 4 is 27.2 Å². The second-order valence-electron chi connectivity index (χ2n) is 7.21. The predicted octanol–water partition coefficient (Wildman–Crippen LogP) is 2.01. The SMILES string of the molecule is CNS(=O)(=O)CNc1cnnc(Nc2ccc(OC)c(OCCCN3CCCC3)c2)c1. The Morgan fingerprint density at radius 3 is 2.68 bits per heavy atom. The molecule has 1 aliphatic heterocycles. The first-order chi connectivity index (χ1) is 15.0. The molecule has 3 rings (SSSR count). The third-order valence-electron chi connectivity index (χ3n) is 4.94. The molecule has 0 spiro atoms. The molecule has 11 heteroatoms. The number of nitrogens with one attached hydrogen (secondary N) is 3. The molecule has 1 aromatic carbocycles. The summed E-state index contributed by atoms with van der Waals surface area (Å²) < 4.78 is 36.8. The van der Waals surface area contributed by atoms with Crippen molar-refractivity contribution in [3.05, 3.63) is 30.5 Å². The first-order valence-electron chi connectivity index (χ1n) is 10.3. The summed E-state index contributed by atoms with van der Waals surface area (Å²) in [6.07, 6.45) is 4.98. The highest BCUT2D eigenvalue weighted by Crippen LogP contribution is 2.31. The predicted molar refractivity (Wildman–Crippen MR) is 121 cm³/mol. The number of benzene rings is 1. The van der Waals surface area contributed by atoms with Crippen LogP contribution in [0.5, 0.6) is 11.5 Å². The first-order valence-corrected chi connectivity index (χ1v) is 11.9. The zero-order valence-electron chi connectivity index (χ0n) is 17.9. The molecule has 3 N–H and O–H groups in total. The van der Waals surface area contributed by atoms with Crippen molar-refractivity contribution in [3.63, 3.8) is 0 Å². The van der Waals surface area contributed by atoms with Gasteiger partial charge in [0.25, 0.3) is 0 Å². The van der Waals surface area contributed by atoms with E-state index >= 15 is 0 Å². The summed E-state index contributed by atoms with van der Waals surface area (Å²) in [5.41, 5.74) is 1.29. The minimum atomic E-state index is -3.38. The van der Waals surface area contributed by atoms with Crippen LogP contribution in [0.3, 0.4) is 0 Å². The lowest BCUT2D eigenvalue weighted by atomic mass is 10.2. The van der Waals surface area contributed by atoms with Crippen molar-refractivity contribution in [1.29, 1.82) is 0 Å². The zero-order chi connectivity index (χ0) is 22.1. The maximum absolute atomic E-state index is 11.6. The highest BCUT2D eigenvalue weighted by Gasteiger charge is 2.12. The fraction of sp³-hybridized carbons (Fsp3) is 0.500. The number of hydrogen-bond donors (Lipinski definition) is 3. The van der Waals surface area contributed by atoms with Crippen LogP contribution >= 0.6 is 0 Å². The Bertz CT molecular complexity index is 950. The third kappa shape index (κ3) is 7.23. The average Bonchev–Trinajstić information content (AvgIpc) is 3.29. The second kappa shape index (κ2) is 11.1. The lowest BCUT2D eigenvalue weighted by Crippen LogP contribution is -2.26. The van der Waals surface area contributed by atoms with Crippen LogP contribution in [0.4, 0.5) is 17.2 Å². The fourth-order valence-corrected chi connectivity index (χ4v) is 3.77. The minimum absolute atomic E-state index is 0.257. The van der Waals surface area contributed by atoms with E-state index in [-0.39, 0.29) is 5.88 Å². The lowest BCUT2D eigenvalue weighted by molar-refractivity contribution is 0.254. The summed E-state index contributed by atoms with van der Waals surface area (Å²) in [6.45, 7) is 4.01. The number of hydrogen-bond acceptors (Lipinski definition) is 9. The van der Waals surface area contributed by atoms with Crippen LogP contribution in [0.2, 0.25) is 0 Å². The van der Waals surface area contributed by atoms with E-state index in [0.717, 1.165) is 18.7 Å². The third-order valence-corrected chi connectivity index (χ3v) is 6.09. The number of likely N-dealkylation sites (tertiary alicyclic amines) is 1. The highest BCUT2D eigenvalue weighted by molar-refractivity contribution is 7.89. The number of rotatable bonds is 12. The van der Waals surface area contributed by atoms with Gasteiger partial charge < -0.3 is 25.0 Å². The summed E-state index contributed by atoms with van der Waals surface area (Å²) in [5, 5.41) is 13.9. The second-order valence-corrected chi connectivity index (χ2v) is 9.14. The number of anilines is 3. The molecular formula is C20H30N6O4S. The van der Waals surface area contributed by atoms with Gasteiger partial charge in [-0.05, 0) is 51.5 Å². The molecule has 1 aromatic heterocycles. The Labute approximate surface area is 183 Å². The molecule has 31 heavy (non-hydrogen) atoms. The van der Waals surface area contributed by atoms with Crippen molar-refractivity contribution in [2.75, 3.05) is 56.9 Å². The van der Waals surface area contributed by atoms with Crippen molar-refractivity contribution in [1.82, 2.24) is 19.8 Å². The summed E-state index contributed by atoms with van der Waals surface area (Å²) >= 11 is 0. The summed E-state index contributed by atoms with van der Waals surface area (Å²) in [6, 6.07) is 7.21. The van der Waals surface area contributed by atoms with E-state index in [1.807, 2.05) is 18.2 Å². The van der Waals surface area contributed by atoms with Gasteiger partial charge in [-0.1, -0.05) is 0 Å². The van der Waals surface area contributed by atoms with Gasteiger partial charge >= 0.3 is 0 Å². The van der Waals surface area contributed by atoms with Crippen molar-refractivity contribution in [3.8, 4) is 11.5 Å². The number of ether oxygens (including phenoxy) is 2. The fourth-order valence-electron chi connectivity index (χ4n) is 3.27. The van der Waals surface area contributed by atoms with E-state index in [2.05, 4.69) is 30.5 Å². The number of aromatic nitrogens is 2. The van der Waals surface area contributed by atoms with Crippen molar-refractivity contribution < 1.29 is 17.9 Å². The molecule has 0 unspecified atom stereocenters. The van der Waals surface area contributed by atoms with E-state index in [0.29, 0.717) is 29.6 Å².